The minimum absolute atomic E-state index is 0.0275. The van der Waals surface area contributed by atoms with Crippen LogP contribution >= 0.6 is 42.5 Å². The van der Waals surface area contributed by atoms with E-state index in [1.807, 2.05) is 20.1 Å². The second-order valence-electron chi connectivity index (χ2n) is 14.7. The Morgan fingerprint density at radius 2 is 1.15 bits per heavy atom. The van der Waals surface area contributed by atoms with Crippen LogP contribution in [0.15, 0.2) is 100 Å². The number of hydrogen-bond donors (Lipinski definition) is 1. The fourth-order valence-corrected chi connectivity index (χ4v) is 9.55. The van der Waals surface area contributed by atoms with E-state index in [1.165, 1.54) is 33.8 Å². The van der Waals surface area contributed by atoms with E-state index >= 15 is 0 Å². The van der Waals surface area contributed by atoms with Crippen LogP contribution in [0.4, 0.5) is 5.13 Å². The first-order valence-corrected chi connectivity index (χ1v) is 26.7. The maximum absolute atomic E-state index is 13.2. The molecular weight excluding hydrogens is 936 g/mol. The third kappa shape index (κ3) is 19.5. The van der Waals surface area contributed by atoms with E-state index in [1.54, 1.807) is 93.4 Å². The molecule has 1 amide bonds. The highest BCUT2D eigenvalue weighted by molar-refractivity contribution is 7.98. The lowest BCUT2D eigenvalue weighted by molar-refractivity contribution is 0.0598. The van der Waals surface area contributed by atoms with Crippen molar-refractivity contribution in [1.29, 1.82) is 0 Å². The van der Waals surface area contributed by atoms with E-state index in [2.05, 4.69) is 65.1 Å². The summed E-state index contributed by atoms with van der Waals surface area (Å²) < 4.78 is 62.3. The summed E-state index contributed by atoms with van der Waals surface area (Å²) in [5.74, 6) is 1.31. The first-order valence-electron chi connectivity index (χ1n) is 21.7. The molecule has 0 aliphatic rings. The van der Waals surface area contributed by atoms with Gasteiger partial charge in [-0.3, -0.25) is 14.7 Å². The van der Waals surface area contributed by atoms with Gasteiger partial charge in [0.05, 0.1) is 64.2 Å². The van der Waals surface area contributed by atoms with Gasteiger partial charge in [-0.05, 0) is 99.9 Å². The zero-order valence-electron chi connectivity index (χ0n) is 39.7. The molecule has 0 unspecified atom stereocenters. The first-order chi connectivity index (χ1) is 32.3. The summed E-state index contributed by atoms with van der Waals surface area (Å²) >= 11 is 4.65. The summed E-state index contributed by atoms with van der Waals surface area (Å²) in [5, 5.41) is 4.91. The maximum atomic E-state index is 13.2. The maximum Gasteiger partial charge on any atom is 0.338 e. The Kier molecular flexibility index (Phi) is 24.1. The number of thiazole rings is 1. The smallest absolute Gasteiger partial charge is 0.338 e. The van der Waals surface area contributed by atoms with Gasteiger partial charge in [0.15, 0.2) is 5.13 Å². The second-order valence-corrected chi connectivity index (χ2v) is 19.4. The zero-order chi connectivity index (χ0) is 48.6. The van der Waals surface area contributed by atoms with Crippen LogP contribution in [0.1, 0.15) is 65.2 Å². The molecule has 2 atom stereocenters. The standard InChI is InChI=1S/C28H37N2O7PS2.C21H26O5S/c1-6-35-38(32,36-7-2)18-23-19-40-28(29-23)30-27(31)22-14-24(16-25(15-22)37-20(3)17-33-4)34-13-12-21-8-10-26(39-5)11-9-21;1-15(14-23-2)26-19-12-17(21(22)24-3)11-18(13-19)25-10-9-16-5-7-20(27-4)8-6-16/h8-11,14-16,19-20H,6-7,12-13,17-18H2,1-5H3,(H,29,30,31);5-8,11-13,15H,9-10,14H2,1-4H3/t20-;15-/m00/s1. The summed E-state index contributed by atoms with van der Waals surface area (Å²) in [6, 6.07) is 26.9. The molecule has 5 rings (SSSR count). The number of amides is 1. The number of esters is 1. The van der Waals surface area contributed by atoms with Gasteiger partial charge >= 0.3 is 13.6 Å². The quantitative estimate of drug-likeness (QED) is 0.0301. The molecule has 4 aromatic carbocycles. The lowest BCUT2D eigenvalue weighted by Gasteiger charge is -2.16. The summed E-state index contributed by atoms with van der Waals surface area (Å²) in [6.45, 7) is 9.60. The largest absolute Gasteiger partial charge is 0.493 e. The van der Waals surface area contributed by atoms with Crippen LogP contribution in [-0.2, 0) is 46.8 Å². The highest BCUT2D eigenvalue weighted by atomic mass is 32.2. The van der Waals surface area contributed by atoms with Gasteiger partial charge in [-0.1, -0.05) is 24.3 Å². The number of ether oxygens (including phenoxy) is 7. The van der Waals surface area contributed by atoms with Crippen molar-refractivity contribution in [3.63, 3.8) is 0 Å². The van der Waals surface area contributed by atoms with E-state index in [0.717, 1.165) is 18.4 Å². The van der Waals surface area contributed by atoms with Crippen LogP contribution < -0.4 is 24.3 Å². The van der Waals surface area contributed by atoms with Gasteiger partial charge in [0, 0.05) is 59.9 Å². The first kappa shape index (κ1) is 55.0. The van der Waals surface area contributed by atoms with Crippen LogP contribution in [0.25, 0.3) is 0 Å². The fraction of sp³-hybridized carbons (Fsp3) is 0.408. The third-order valence-corrected chi connectivity index (χ3v) is 13.6. The van der Waals surface area contributed by atoms with Crippen LogP contribution in [0, 0.1) is 0 Å². The van der Waals surface area contributed by atoms with Gasteiger partial charge in [-0.2, -0.15) is 0 Å². The monoisotopic (exact) mass is 998 g/mol. The Hall–Kier alpha value is -4.58. The van der Waals surface area contributed by atoms with Gasteiger partial charge in [0.2, 0.25) is 0 Å². The van der Waals surface area contributed by atoms with Crippen LogP contribution in [0.5, 0.6) is 23.0 Å². The lowest BCUT2D eigenvalue weighted by atomic mass is 10.1. The molecule has 364 valence electrons. The number of aromatic nitrogens is 1. The second kappa shape index (κ2) is 29.3. The van der Waals surface area contributed by atoms with Crippen molar-refractivity contribution in [1.82, 2.24) is 4.98 Å². The summed E-state index contributed by atoms with van der Waals surface area (Å²) in [4.78, 5) is 32.0. The number of benzene rings is 4. The van der Waals surface area contributed by atoms with Gasteiger partial charge in [0.1, 0.15) is 35.2 Å². The van der Waals surface area contributed by atoms with Gasteiger partial charge in [-0.15, -0.1) is 34.9 Å². The average molecular weight is 999 g/mol. The van der Waals surface area contributed by atoms with Crippen LogP contribution in [-0.4, -0.2) is 103 Å². The van der Waals surface area contributed by atoms with Crippen molar-refractivity contribution in [2.24, 2.45) is 0 Å². The van der Waals surface area contributed by atoms with Crippen molar-refractivity contribution in [2.45, 2.75) is 68.7 Å². The molecule has 0 aliphatic heterocycles. The zero-order valence-corrected chi connectivity index (χ0v) is 43.0. The molecule has 1 aromatic heterocycles. The lowest BCUT2D eigenvalue weighted by Crippen LogP contribution is -2.19. The molecule has 67 heavy (non-hydrogen) atoms. The Morgan fingerprint density at radius 1 is 0.687 bits per heavy atom. The number of nitrogens with zero attached hydrogens (tertiary/aromatic N) is 1. The summed E-state index contributed by atoms with van der Waals surface area (Å²) in [5.41, 5.74) is 3.62. The van der Waals surface area contributed by atoms with E-state index in [4.69, 9.17) is 42.2 Å². The predicted octanol–water partition coefficient (Wildman–Crippen LogP) is 11.1. The molecule has 0 saturated carbocycles. The average Bonchev–Trinajstić information content (AvgIpc) is 3.75. The van der Waals surface area contributed by atoms with Crippen molar-refractivity contribution in [3.05, 3.63) is 118 Å². The third-order valence-electron chi connectivity index (χ3n) is 9.34. The molecule has 5 aromatic rings. The number of methoxy groups -OCH3 is 3. The molecule has 14 nitrogen and oxygen atoms in total. The normalized spacial score (nSPS) is 12.0. The summed E-state index contributed by atoms with van der Waals surface area (Å²) in [6.07, 6.45) is 5.25. The number of thioether (sulfide) groups is 2. The molecule has 1 N–H and O–H groups in total. The van der Waals surface area contributed by atoms with Gasteiger partial charge < -0.3 is 42.2 Å². The number of anilines is 1. The number of rotatable bonds is 27. The Morgan fingerprint density at radius 3 is 1.60 bits per heavy atom. The van der Waals surface area contributed by atoms with Crippen molar-refractivity contribution in [3.8, 4) is 23.0 Å². The van der Waals surface area contributed by atoms with Crippen molar-refractivity contribution < 1.29 is 56.4 Å². The van der Waals surface area contributed by atoms with E-state index in [0.29, 0.717) is 71.4 Å². The van der Waals surface area contributed by atoms with E-state index in [9.17, 15) is 14.2 Å². The van der Waals surface area contributed by atoms with Crippen molar-refractivity contribution in [2.75, 3.05) is 78.8 Å². The molecular formula is C49H63N2O12PS3. The molecule has 0 fully saturated rings. The number of hydrogen-bond acceptors (Lipinski definition) is 16. The highest BCUT2D eigenvalue weighted by Crippen LogP contribution is 2.51. The number of carbonyl (C=O) groups excluding carboxylic acids is 2. The Bertz CT molecular complexity index is 2300. The molecule has 0 saturated heterocycles. The molecule has 0 spiro atoms. The van der Waals surface area contributed by atoms with E-state index in [-0.39, 0.29) is 37.5 Å². The molecule has 0 aliphatic carbocycles. The Labute approximate surface area is 407 Å². The molecule has 0 bridgehead atoms. The number of carbonyl (C=O) groups is 2. The fourth-order valence-electron chi connectivity index (χ4n) is 6.30. The topological polar surface area (TPSA) is 159 Å². The number of nitrogens with one attached hydrogen (secondary N) is 1. The molecule has 18 heteroatoms. The summed E-state index contributed by atoms with van der Waals surface area (Å²) in [7, 11) is 1.27. The molecule has 0 radical (unpaired) electrons. The van der Waals surface area contributed by atoms with Gasteiger partial charge in [0.25, 0.3) is 5.91 Å². The van der Waals surface area contributed by atoms with Crippen LogP contribution in [0.2, 0.25) is 0 Å². The van der Waals surface area contributed by atoms with Crippen molar-refractivity contribution >= 4 is 59.5 Å². The Balaban J connectivity index is 0.000000316. The SMILES string of the molecule is CCOP(=O)(Cc1csc(NC(=O)c2cc(OCCc3ccc(SC)cc3)cc(O[C@@H](C)COC)c2)n1)OCC.COC[C@H](C)Oc1cc(OCCc2ccc(SC)cc2)cc(C(=O)OC)c1. The molecule has 1 heterocycles. The van der Waals surface area contributed by atoms with Gasteiger partial charge in [-0.25, -0.2) is 9.78 Å². The minimum Gasteiger partial charge on any atom is -0.493 e. The highest BCUT2D eigenvalue weighted by Gasteiger charge is 2.26. The van der Waals surface area contributed by atoms with E-state index < -0.39 is 13.6 Å². The minimum atomic E-state index is -3.30. The predicted molar refractivity (Wildman–Crippen MR) is 268 cm³/mol. The van der Waals surface area contributed by atoms with Crippen LogP contribution in [0.3, 0.4) is 0 Å².